The van der Waals surface area contributed by atoms with Crippen LogP contribution >= 0.6 is 0 Å². The molecular weight excluding hydrogens is 222 g/mol. The molecule has 102 valence electrons. The Bertz CT molecular complexity index is 356. The van der Waals surface area contributed by atoms with E-state index in [-0.39, 0.29) is 0 Å². The maximum Gasteiger partial charge on any atom is 0.0952 e. The lowest BCUT2D eigenvalue weighted by Gasteiger charge is -2.31. The lowest BCUT2D eigenvalue weighted by Crippen LogP contribution is -2.23. The van der Waals surface area contributed by atoms with Gasteiger partial charge in [0.1, 0.15) is 0 Å². The predicted molar refractivity (Wildman–Crippen MR) is 75.5 cm³/mol. The van der Waals surface area contributed by atoms with Gasteiger partial charge in [-0.15, -0.1) is 0 Å². The maximum atomic E-state index is 4.53. The fraction of sp³-hybridized carbons (Fsp3) is 0.800. The molecule has 1 aliphatic rings. The highest BCUT2D eigenvalue weighted by atomic mass is 15.1. The molecule has 3 heteroatoms. The average Bonchev–Trinajstić information content (AvgIpc) is 2.85. The fourth-order valence-corrected chi connectivity index (χ4v) is 3.02. The Kier molecular flexibility index (Phi) is 4.81. The Morgan fingerprint density at radius 1 is 1.39 bits per heavy atom. The molecular formula is C15H27N3. The second-order valence-corrected chi connectivity index (χ2v) is 5.87. The first-order chi connectivity index (χ1) is 8.70. The predicted octanol–water partition coefficient (Wildman–Crippen LogP) is 3.52. The molecule has 1 saturated carbocycles. The molecule has 0 bridgehead atoms. The molecule has 0 saturated heterocycles. The lowest BCUT2D eigenvalue weighted by molar-refractivity contribution is 0.232. The van der Waals surface area contributed by atoms with Crippen LogP contribution in [0.4, 0.5) is 0 Å². The summed E-state index contributed by atoms with van der Waals surface area (Å²) in [5, 5.41) is 3.43. The van der Waals surface area contributed by atoms with Crippen LogP contribution in [0, 0.1) is 5.92 Å². The first-order valence-corrected chi connectivity index (χ1v) is 7.46. The van der Waals surface area contributed by atoms with Crippen LogP contribution in [0.5, 0.6) is 0 Å². The van der Waals surface area contributed by atoms with Crippen molar-refractivity contribution in [2.45, 2.75) is 71.5 Å². The molecule has 0 amide bonds. The van der Waals surface area contributed by atoms with Gasteiger partial charge < -0.3 is 9.88 Å². The van der Waals surface area contributed by atoms with E-state index in [9.17, 15) is 0 Å². The van der Waals surface area contributed by atoms with E-state index in [2.05, 4.69) is 41.8 Å². The Morgan fingerprint density at radius 2 is 2.17 bits per heavy atom. The van der Waals surface area contributed by atoms with E-state index in [1.54, 1.807) is 0 Å². The molecule has 1 aromatic heterocycles. The van der Waals surface area contributed by atoms with E-state index < -0.39 is 0 Å². The van der Waals surface area contributed by atoms with Crippen LogP contribution in [0.3, 0.4) is 0 Å². The van der Waals surface area contributed by atoms with Crippen molar-refractivity contribution in [1.29, 1.82) is 0 Å². The summed E-state index contributed by atoms with van der Waals surface area (Å²) < 4.78 is 2.37. The molecule has 1 heterocycles. The molecule has 2 unspecified atom stereocenters. The topological polar surface area (TPSA) is 29.9 Å². The summed E-state index contributed by atoms with van der Waals surface area (Å²) in [4.78, 5) is 4.53. The van der Waals surface area contributed by atoms with E-state index in [0.29, 0.717) is 12.1 Å². The van der Waals surface area contributed by atoms with Crippen LogP contribution in [-0.4, -0.2) is 15.6 Å². The van der Waals surface area contributed by atoms with E-state index in [1.165, 1.54) is 37.8 Å². The summed E-state index contributed by atoms with van der Waals surface area (Å²) >= 11 is 0. The summed E-state index contributed by atoms with van der Waals surface area (Å²) in [7, 11) is 0. The molecule has 1 N–H and O–H groups in total. The highest BCUT2D eigenvalue weighted by Crippen LogP contribution is 2.35. The van der Waals surface area contributed by atoms with Crippen molar-refractivity contribution in [2.24, 2.45) is 5.92 Å². The minimum Gasteiger partial charge on any atom is -0.334 e. The fourth-order valence-electron chi connectivity index (χ4n) is 3.02. The number of nitrogens with one attached hydrogen (secondary N) is 1. The molecule has 1 aromatic rings. The van der Waals surface area contributed by atoms with Gasteiger partial charge in [0.25, 0.3) is 0 Å². The van der Waals surface area contributed by atoms with Crippen LogP contribution in [0.1, 0.15) is 64.6 Å². The summed E-state index contributed by atoms with van der Waals surface area (Å²) in [5.74, 6) is 0.846. The number of hydrogen-bond acceptors (Lipinski definition) is 2. The first-order valence-electron chi connectivity index (χ1n) is 7.46. The van der Waals surface area contributed by atoms with Crippen molar-refractivity contribution in [2.75, 3.05) is 0 Å². The molecule has 2 atom stereocenters. The molecule has 18 heavy (non-hydrogen) atoms. The maximum absolute atomic E-state index is 4.53. The number of nitrogens with zero attached hydrogens (tertiary/aromatic N) is 2. The second kappa shape index (κ2) is 6.37. The van der Waals surface area contributed by atoms with Crippen molar-refractivity contribution in [1.82, 2.24) is 14.9 Å². The van der Waals surface area contributed by atoms with Gasteiger partial charge in [-0.1, -0.05) is 40.0 Å². The normalized spacial score (nSPS) is 24.7. The van der Waals surface area contributed by atoms with Gasteiger partial charge in [0.15, 0.2) is 0 Å². The zero-order chi connectivity index (χ0) is 13.0. The van der Waals surface area contributed by atoms with Crippen LogP contribution in [0.15, 0.2) is 12.5 Å². The van der Waals surface area contributed by atoms with Gasteiger partial charge in [0, 0.05) is 24.8 Å². The van der Waals surface area contributed by atoms with Gasteiger partial charge in [-0.2, -0.15) is 0 Å². The molecule has 0 aromatic carbocycles. The van der Waals surface area contributed by atoms with E-state index in [1.807, 2.05) is 6.33 Å². The number of aromatic nitrogens is 2. The zero-order valence-corrected chi connectivity index (χ0v) is 12.0. The quantitative estimate of drug-likeness (QED) is 0.865. The number of imidazole rings is 1. The largest absolute Gasteiger partial charge is 0.334 e. The molecule has 0 aliphatic heterocycles. The summed E-state index contributed by atoms with van der Waals surface area (Å²) in [6.45, 7) is 7.55. The minimum atomic E-state index is 0.522. The summed E-state index contributed by atoms with van der Waals surface area (Å²) in [6.07, 6.45) is 11.1. The van der Waals surface area contributed by atoms with Gasteiger partial charge >= 0.3 is 0 Å². The standard InChI is InChI=1S/C15H27N3/c1-4-13-7-5-6-8-15(13)18-10-14(17-11-18)9-16-12(2)3/h10-13,15-16H,4-9H2,1-3H3. The third-order valence-corrected chi connectivity index (χ3v) is 4.12. The smallest absolute Gasteiger partial charge is 0.0952 e. The van der Waals surface area contributed by atoms with Crippen molar-refractivity contribution < 1.29 is 0 Å². The third-order valence-electron chi connectivity index (χ3n) is 4.12. The zero-order valence-electron chi connectivity index (χ0n) is 12.0. The van der Waals surface area contributed by atoms with Crippen molar-refractivity contribution in [3.63, 3.8) is 0 Å². The monoisotopic (exact) mass is 249 g/mol. The van der Waals surface area contributed by atoms with Crippen molar-refractivity contribution >= 4 is 0 Å². The molecule has 0 spiro atoms. The van der Waals surface area contributed by atoms with Crippen molar-refractivity contribution in [3.8, 4) is 0 Å². The summed E-state index contributed by atoms with van der Waals surface area (Å²) in [5.41, 5.74) is 1.17. The van der Waals surface area contributed by atoms with E-state index in [0.717, 1.165) is 12.5 Å². The molecule has 0 radical (unpaired) electrons. The first kappa shape index (κ1) is 13.6. The Hall–Kier alpha value is -0.830. The molecule has 3 nitrogen and oxygen atoms in total. The van der Waals surface area contributed by atoms with Gasteiger partial charge in [-0.25, -0.2) is 4.98 Å². The van der Waals surface area contributed by atoms with Gasteiger partial charge in [0.05, 0.1) is 12.0 Å². The molecule has 2 rings (SSSR count). The second-order valence-electron chi connectivity index (χ2n) is 5.87. The minimum absolute atomic E-state index is 0.522. The van der Waals surface area contributed by atoms with E-state index in [4.69, 9.17) is 0 Å². The SMILES string of the molecule is CCC1CCCCC1n1cnc(CNC(C)C)c1. The lowest BCUT2D eigenvalue weighted by atomic mass is 9.83. The average molecular weight is 249 g/mol. The van der Waals surface area contributed by atoms with E-state index >= 15 is 0 Å². The Labute approximate surface area is 111 Å². The Morgan fingerprint density at radius 3 is 2.89 bits per heavy atom. The Balaban J connectivity index is 1.99. The van der Waals surface area contributed by atoms with Gasteiger partial charge in [-0.3, -0.25) is 0 Å². The molecule has 1 fully saturated rings. The van der Waals surface area contributed by atoms with Gasteiger partial charge in [-0.05, 0) is 18.8 Å². The molecule has 1 aliphatic carbocycles. The van der Waals surface area contributed by atoms with Crippen LogP contribution in [-0.2, 0) is 6.54 Å². The van der Waals surface area contributed by atoms with Crippen LogP contribution in [0.2, 0.25) is 0 Å². The summed E-state index contributed by atoms with van der Waals surface area (Å²) in [6, 6.07) is 1.21. The van der Waals surface area contributed by atoms with Crippen LogP contribution in [0.25, 0.3) is 0 Å². The highest BCUT2D eigenvalue weighted by Gasteiger charge is 2.24. The van der Waals surface area contributed by atoms with Crippen LogP contribution < -0.4 is 5.32 Å². The number of hydrogen-bond donors (Lipinski definition) is 1. The highest BCUT2D eigenvalue weighted by molar-refractivity contribution is 4.99. The number of rotatable bonds is 5. The van der Waals surface area contributed by atoms with Crippen molar-refractivity contribution in [3.05, 3.63) is 18.2 Å². The van der Waals surface area contributed by atoms with Gasteiger partial charge in [0.2, 0.25) is 0 Å². The third kappa shape index (κ3) is 3.35.